The van der Waals surface area contributed by atoms with Crippen molar-refractivity contribution in [3.05, 3.63) is 75.7 Å². The molecule has 164 valence electrons. The minimum absolute atomic E-state index is 0.0450. The van der Waals surface area contributed by atoms with Gasteiger partial charge < -0.3 is 10.0 Å². The molecule has 1 aliphatic rings. The molecule has 2 heterocycles. The van der Waals surface area contributed by atoms with Crippen molar-refractivity contribution in [1.29, 1.82) is 5.26 Å². The highest BCUT2D eigenvalue weighted by atomic mass is 16.3. The van der Waals surface area contributed by atoms with Crippen LogP contribution in [0.2, 0.25) is 0 Å². The van der Waals surface area contributed by atoms with E-state index < -0.39 is 0 Å². The summed E-state index contributed by atoms with van der Waals surface area (Å²) in [5.41, 5.74) is 7.57. The fourth-order valence-corrected chi connectivity index (χ4v) is 4.66. The third kappa shape index (κ3) is 3.69. The number of aliphatic hydroxyl groups is 1. The lowest BCUT2D eigenvalue weighted by Gasteiger charge is -2.40. The van der Waals surface area contributed by atoms with E-state index in [1.54, 1.807) is 0 Å². The largest absolute Gasteiger partial charge is 0.384 e. The Morgan fingerprint density at radius 1 is 1.19 bits per heavy atom. The van der Waals surface area contributed by atoms with E-state index >= 15 is 0 Å². The van der Waals surface area contributed by atoms with Gasteiger partial charge in [0.2, 0.25) is 0 Å². The van der Waals surface area contributed by atoms with E-state index in [0.717, 1.165) is 46.0 Å². The summed E-state index contributed by atoms with van der Waals surface area (Å²) in [6.45, 7) is 10.2. The molecular formula is C26H29N4O2+. The summed E-state index contributed by atoms with van der Waals surface area (Å²) >= 11 is 0. The Morgan fingerprint density at radius 2 is 1.88 bits per heavy atom. The first kappa shape index (κ1) is 21.8. The normalized spacial score (nSPS) is 13.7. The van der Waals surface area contributed by atoms with Gasteiger partial charge in [0.15, 0.2) is 5.69 Å². The predicted molar refractivity (Wildman–Crippen MR) is 122 cm³/mol. The first-order valence-corrected chi connectivity index (χ1v) is 11.0. The zero-order valence-electron chi connectivity index (χ0n) is 19.1. The van der Waals surface area contributed by atoms with Gasteiger partial charge in [0.1, 0.15) is 12.3 Å². The number of rotatable bonds is 5. The number of aromatic nitrogens is 2. The first-order chi connectivity index (χ1) is 15.4. The average Bonchev–Trinajstić information content (AvgIpc) is 3.08. The van der Waals surface area contributed by atoms with Crippen molar-refractivity contribution < 1.29 is 14.5 Å². The molecule has 1 aliphatic heterocycles. The molecule has 1 saturated heterocycles. The molecule has 6 heteroatoms. The van der Waals surface area contributed by atoms with Gasteiger partial charge in [0.25, 0.3) is 11.7 Å². The molecule has 1 fully saturated rings. The number of aromatic amines is 1. The summed E-state index contributed by atoms with van der Waals surface area (Å²) in [7, 11) is 0. The number of hydrogen-bond donors (Lipinski definition) is 2. The van der Waals surface area contributed by atoms with Gasteiger partial charge in [-0.05, 0) is 55.7 Å². The summed E-state index contributed by atoms with van der Waals surface area (Å²) in [4.78, 5) is 18.6. The summed E-state index contributed by atoms with van der Waals surface area (Å²) in [5, 5.41) is 18.7. The van der Waals surface area contributed by atoms with E-state index in [-0.39, 0.29) is 12.5 Å². The fraction of sp³-hybridized carbons (Fsp3) is 0.346. The third-order valence-electron chi connectivity index (χ3n) is 6.58. The standard InChI is InChI=1S/C26H28N4O2/c1-5-30-18(4)25(28-24(30)15-31)22-11-23(17(3)10-16(22)2)26(32)29-13-21(14-29)20-8-6-19(12-27)7-9-20/h6-11,21,31H,5,13-15H2,1-4H3/p+1. The predicted octanol–water partition coefficient (Wildman–Crippen LogP) is 3.52. The highest BCUT2D eigenvalue weighted by molar-refractivity contribution is 5.97. The zero-order valence-corrected chi connectivity index (χ0v) is 19.1. The maximum atomic E-state index is 13.3. The molecular weight excluding hydrogens is 400 g/mol. The molecule has 3 aromatic rings. The number of aryl methyl sites for hydroxylation is 2. The van der Waals surface area contributed by atoms with Gasteiger partial charge in [0.05, 0.1) is 18.2 Å². The molecule has 0 saturated carbocycles. The van der Waals surface area contributed by atoms with E-state index in [4.69, 9.17) is 5.26 Å². The molecule has 2 aromatic carbocycles. The van der Waals surface area contributed by atoms with Gasteiger partial charge in [-0.2, -0.15) is 5.26 Å². The summed E-state index contributed by atoms with van der Waals surface area (Å²) in [5.74, 6) is 1.11. The van der Waals surface area contributed by atoms with E-state index in [1.165, 1.54) is 0 Å². The number of nitrogens with one attached hydrogen (secondary N) is 1. The molecule has 2 N–H and O–H groups in total. The lowest BCUT2D eigenvalue weighted by atomic mass is 9.89. The van der Waals surface area contributed by atoms with Crippen molar-refractivity contribution >= 4 is 5.91 Å². The second-order valence-corrected chi connectivity index (χ2v) is 8.56. The Balaban J connectivity index is 1.59. The first-order valence-electron chi connectivity index (χ1n) is 11.0. The number of aliphatic hydroxyl groups excluding tert-OH is 1. The molecule has 6 nitrogen and oxygen atoms in total. The summed E-state index contributed by atoms with van der Waals surface area (Å²) in [6.07, 6.45) is 0. The molecule has 1 aromatic heterocycles. The van der Waals surface area contributed by atoms with E-state index in [9.17, 15) is 9.90 Å². The fourth-order valence-electron chi connectivity index (χ4n) is 4.66. The number of carbonyl (C=O) groups is 1. The van der Waals surface area contributed by atoms with Crippen LogP contribution < -0.4 is 4.57 Å². The number of amides is 1. The molecule has 0 unspecified atom stereocenters. The molecule has 0 aliphatic carbocycles. The van der Waals surface area contributed by atoms with Crippen molar-refractivity contribution in [2.75, 3.05) is 13.1 Å². The topological polar surface area (TPSA) is 84.0 Å². The van der Waals surface area contributed by atoms with Crippen molar-refractivity contribution in [1.82, 2.24) is 9.88 Å². The van der Waals surface area contributed by atoms with Crippen LogP contribution in [0.4, 0.5) is 0 Å². The Kier molecular flexibility index (Phi) is 5.86. The SMILES string of the molecule is CC[n+]1c(CO)[nH]c(-c2cc(C(=O)N3CC(c4ccc(C#N)cc4)C3)c(C)cc2C)c1C. The number of nitrogens with zero attached hydrogens (tertiary/aromatic N) is 3. The number of nitriles is 1. The van der Waals surface area contributed by atoms with Crippen LogP contribution in [-0.4, -0.2) is 34.0 Å². The lowest BCUT2D eigenvalue weighted by Crippen LogP contribution is -2.48. The molecule has 0 radical (unpaired) electrons. The smallest absolute Gasteiger partial charge is 0.281 e. The van der Waals surface area contributed by atoms with Crippen LogP contribution in [-0.2, 0) is 13.2 Å². The second kappa shape index (κ2) is 8.60. The summed E-state index contributed by atoms with van der Waals surface area (Å²) < 4.78 is 2.06. The zero-order chi connectivity index (χ0) is 23.0. The van der Waals surface area contributed by atoms with Crippen molar-refractivity contribution in [2.24, 2.45) is 0 Å². The van der Waals surface area contributed by atoms with Crippen LogP contribution >= 0.6 is 0 Å². The van der Waals surface area contributed by atoms with E-state index in [0.29, 0.717) is 30.1 Å². The average molecular weight is 430 g/mol. The van der Waals surface area contributed by atoms with Gasteiger partial charge >= 0.3 is 0 Å². The van der Waals surface area contributed by atoms with Gasteiger partial charge in [0, 0.05) is 37.1 Å². The maximum Gasteiger partial charge on any atom is 0.281 e. The Hall–Kier alpha value is -3.43. The molecule has 1 amide bonds. The molecule has 4 rings (SSSR count). The number of benzene rings is 2. The summed E-state index contributed by atoms with van der Waals surface area (Å²) in [6, 6.07) is 13.8. The molecule has 0 atom stereocenters. The van der Waals surface area contributed by atoms with Gasteiger partial charge in [-0.25, -0.2) is 9.55 Å². The Bertz CT molecular complexity index is 1210. The highest BCUT2D eigenvalue weighted by Gasteiger charge is 2.33. The quantitative estimate of drug-likeness (QED) is 0.609. The minimum atomic E-state index is -0.0596. The van der Waals surface area contributed by atoms with Crippen LogP contribution in [0.3, 0.4) is 0 Å². The molecule has 32 heavy (non-hydrogen) atoms. The number of likely N-dealkylation sites (tertiary alicyclic amines) is 1. The second-order valence-electron chi connectivity index (χ2n) is 8.56. The maximum absolute atomic E-state index is 13.3. The third-order valence-corrected chi connectivity index (χ3v) is 6.58. The number of imidazole rings is 1. The van der Waals surface area contributed by atoms with Crippen molar-refractivity contribution in [3.8, 4) is 17.3 Å². The van der Waals surface area contributed by atoms with Gasteiger partial charge in [-0.3, -0.25) is 4.79 Å². The van der Waals surface area contributed by atoms with Crippen LogP contribution in [0.25, 0.3) is 11.3 Å². The Labute approximate surface area is 188 Å². The van der Waals surface area contributed by atoms with Crippen molar-refractivity contribution in [2.45, 2.75) is 46.8 Å². The molecule has 0 bridgehead atoms. The van der Waals surface area contributed by atoms with E-state index in [2.05, 4.69) is 35.5 Å². The van der Waals surface area contributed by atoms with E-state index in [1.807, 2.05) is 49.1 Å². The van der Waals surface area contributed by atoms with Crippen LogP contribution in [0.5, 0.6) is 0 Å². The van der Waals surface area contributed by atoms with Crippen LogP contribution in [0, 0.1) is 32.1 Å². The van der Waals surface area contributed by atoms with Gasteiger partial charge in [-0.1, -0.05) is 18.2 Å². The van der Waals surface area contributed by atoms with Crippen LogP contribution in [0.15, 0.2) is 36.4 Å². The molecule has 0 spiro atoms. The Morgan fingerprint density at radius 3 is 2.44 bits per heavy atom. The number of carbonyl (C=O) groups excluding carboxylic acids is 1. The van der Waals surface area contributed by atoms with Crippen LogP contribution in [0.1, 0.15) is 57.0 Å². The minimum Gasteiger partial charge on any atom is -0.384 e. The van der Waals surface area contributed by atoms with Gasteiger partial charge in [-0.15, -0.1) is 0 Å². The number of hydrogen-bond acceptors (Lipinski definition) is 3. The lowest BCUT2D eigenvalue weighted by molar-refractivity contribution is -0.706. The number of H-pyrrole nitrogens is 1. The monoisotopic (exact) mass is 429 g/mol. The van der Waals surface area contributed by atoms with Crippen molar-refractivity contribution in [3.63, 3.8) is 0 Å². The highest BCUT2D eigenvalue weighted by Crippen LogP contribution is 2.32.